The fraction of sp³-hybridized carbons (Fsp3) is 0.136. The first kappa shape index (κ1) is 18.7. The van der Waals surface area contributed by atoms with Crippen molar-refractivity contribution in [2.75, 3.05) is 5.75 Å². The highest BCUT2D eigenvalue weighted by Crippen LogP contribution is 2.26. The van der Waals surface area contributed by atoms with Gasteiger partial charge in [-0.15, -0.1) is 10.2 Å². The molecule has 0 unspecified atom stereocenters. The largest absolute Gasteiger partial charge is 0.302 e. The van der Waals surface area contributed by atoms with E-state index in [-0.39, 0.29) is 5.78 Å². The summed E-state index contributed by atoms with van der Waals surface area (Å²) in [5.41, 5.74) is 1.62. The number of carbonyl (C=O) groups is 1. The third-order valence-corrected chi connectivity index (χ3v) is 5.72. The van der Waals surface area contributed by atoms with Crippen molar-refractivity contribution in [3.05, 3.63) is 77.3 Å². The standard InChI is InChI=1S/C22H18ClN3OS/c1-2-26-21(18-8-5-9-19(23)13-18)24-25-22(26)28-14-20(27)17-11-10-15-6-3-4-7-16(15)12-17/h3-13H,2,14H2,1H3. The number of benzene rings is 3. The van der Waals surface area contributed by atoms with Gasteiger partial charge in [-0.3, -0.25) is 4.79 Å². The predicted octanol–water partition coefficient (Wildman–Crippen LogP) is 5.75. The second kappa shape index (κ2) is 8.17. The number of Topliss-reactive ketones (excluding diaryl/α,β-unsaturated/α-hetero) is 1. The van der Waals surface area contributed by atoms with Gasteiger partial charge in [0.05, 0.1) is 5.75 Å². The normalized spacial score (nSPS) is 11.1. The summed E-state index contributed by atoms with van der Waals surface area (Å²) in [6, 6.07) is 21.4. The molecule has 0 amide bonds. The van der Waals surface area contributed by atoms with Crippen molar-refractivity contribution in [2.45, 2.75) is 18.6 Å². The number of carbonyl (C=O) groups excluding carboxylic acids is 1. The number of fused-ring (bicyclic) bond motifs is 1. The van der Waals surface area contributed by atoms with Gasteiger partial charge in [-0.2, -0.15) is 0 Å². The molecule has 0 saturated carbocycles. The van der Waals surface area contributed by atoms with Gasteiger partial charge in [0, 0.05) is 22.7 Å². The Morgan fingerprint density at radius 2 is 1.82 bits per heavy atom. The predicted molar refractivity (Wildman–Crippen MR) is 115 cm³/mol. The molecule has 0 bridgehead atoms. The molecule has 140 valence electrons. The molecule has 28 heavy (non-hydrogen) atoms. The van der Waals surface area contributed by atoms with Gasteiger partial charge in [0.25, 0.3) is 0 Å². The summed E-state index contributed by atoms with van der Waals surface area (Å²) in [5, 5.41) is 12.2. The van der Waals surface area contributed by atoms with Crippen LogP contribution in [0.2, 0.25) is 5.02 Å². The van der Waals surface area contributed by atoms with Crippen LogP contribution in [0.1, 0.15) is 17.3 Å². The lowest BCUT2D eigenvalue weighted by atomic mass is 10.1. The number of nitrogens with zero attached hydrogens (tertiary/aromatic N) is 3. The summed E-state index contributed by atoms with van der Waals surface area (Å²) in [5.74, 6) is 1.14. The van der Waals surface area contributed by atoms with Gasteiger partial charge in [0.2, 0.25) is 0 Å². The maximum absolute atomic E-state index is 12.7. The molecule has 1 aromatic heterocycles. The summed E-state index contributed by atoms with van der Waals surface area (Å²) >= 11 is 7.51. The van der Waals surface area contributed by atoms with E-state index in [1.54, 1.807) is 0 Å². The summed E-state index contributed by atoms with van der Waals surface area (Å²) in [6.45, 7) is 2.74. The van der Waals surface area contributed by atoms with Crippen LogP contribution < -0.4 is 0 Å². The van der Waals surface area contributed by atoms with Gasteiger partial charge in [0.1, 0.15) is 0 Å². The zero-order valence-corrected chi connectivity index (χ0v) is 16.9. The molecular formula is C22H18ClN3OS. The number of halogens is 1. The first-order chi connectivity index (χ1) is 13.7. The summed E-state index contributed by atoms with van der Waals surface area (Å²) in [7, 11) is 0. The van der Waals surface area contributed by atoms with E-state index in [4.69, 9.17) is 11.6 Å². The number of ketones is 1. The number of thioether (sulfide) groups is 1. The molecule has 0 aliphatic rings. The molecule has 0 fully saturated rings. The van der Waals surface area contributed by atoms with E-state index in [1.807, 2.05) is 78.2 Å². The Morgan fingerprint density at radius 3 is 2.61 bits per heavy atom. The van der Waals surface area contributed by atoms with Crippen LogP contribution in [0, 0.1) is 0 Å². The zero-order valence-electron chi connectivity index (χ0n) is 15.3. The van der Waals surface area contributed by atoms with E-state index in [1.165, 1.54) is 11.8 Å². The molecule has 0 N–H and O–H groups in total. The molecule has 0 radical (unpaired) electrons. The number of rotatable bonds is 6. The van der Waals surface area contributed by atoms with Crippen molar-refractivity contribution in [3.63, 3.8) is 0 Å². The van der Waals surface area contributed by atoms with E-state index in [0.29, 0.717) is 22.9 Å². The quantitative estimate of drug-likeness (QED) is 0.301. The number of hydrogen-bond donors (Lipinski definition) is 0. The van der Waals surface area contributed by atoms with Crippen LogP contribution in [0.3, 0.4) is 0 Å². The number of aromatic nitrogens is 3. The Kier molecular flexibility index (Phi) is 5.46. The first-order valence-corrected chi connectivity index (χ1v) is 10.4. The minimum absolute atomic E-state index is 0.0747. The van der Waals surface area contributed by atoms with Crippen molar-refractivity contribution in [2.24, 2.45) is 0 Å². The SMILES string of the molecule is CCn1c(SCC(=O)c2ccc3ccccc3c2)nnc1-c1cccc(Cl)c1. The van der Waals surface area contributed by atoms with Crippen LogP contribution in [0.5, 0.6) is 0 Å². The second-order valence-corrected chi connectivity index (χ2v) is 7.71. The smallest absolute Gasteiger partial charge is 0.191 e. The Balaban J connectivity index is 1.53. The zero-order chi connectivity index (χ0) is 19.5. The Hall–Kier alpha value is -2.63. The molecule has 0 aliphatic carbocycles. The monoisotopic (exact) mass is 407 g/mol. The topological polar surface area (TPSA) is 47.8 Å². The average Bonchev–Trinajstić information content (AvgIpc) is 3.14. The van der Waals surface area contributed by atoms with E-state index in [2.05, 4.69) is 10.2 Å². The highest BCUT2D eigenvalue weighted by molar-refractivity contribution is 7.99. The van der Waals surface area contributed by atoms with Gasteiger partial charge in [-0.05, 0) is 35.9 Å². The Morgan fingerprint density at radius 1 is 1.00 bits per heavy atom. The average molecular weight is 408 g/mol. The second-order valence-electron chi connectivity index (χ2n) is 6.33. The molecular weight excluding hydrogens is 390 g/mol. The lowest BCUT2D eigenvalue weighted by Gasteiger charge is -2.08. The molecule has 4 rings (SSSR count). The lowest BCUT2D eigenvalue weighted by Crippen LogP contribution is -2.05. The van der Waals surface area contributed by atoms with Crippen molar-refractivity contribution < 1.29 is 4.79 Å². The Labute approximate surface area is 172 Å². The van der Waals surface area contributed by atoms with Gasteiger partial charge in [-0.25, -0.2) is 0 Å². The molecule has 4 nitrogen and oxygen atoms in total. The van der Waals surface area contributed by atoms with E-state index in [0.717, 1.165) is 27.3 Å². The number of hydrogen-bond acceptors (Lipinski definition) is 4. The molecule has 1 heterocycles. The fourth-order valence-electron chi connectivity index (χ4n) is 3.10. The van der Waals surface area contributed by atoms with E-state index < -0.39 is 0 Å². The van der Waals surface area contributed by atoms with E-state index >= 15 is 0 Å². The van der Waals surface area contributed by atoms with E-state index in [9.17, 15) is 4.79 Å². The molecule has 3 aromatic carbocycles. The lowest BCUT2D eigenvalue weighted by molar-refractivity contribution is 0.102. The third-order valence-electron chi connectivity index (χ3n) is 4.52. The van der Waals surface area contributed by atoms with Crippen LogP contribution in [0.15, 0.2) is 71.9 Å². The van der Waals surface area contributed by atoms with Crippen molar-refractivity contribution in [1.82, 2.24) is 14.8 Å². The minimum atomic E-state index is 0.0747. The van der Waals surface area contributed by atoms with Gasteiger partial charge < -0.3 is 4.57 Å². The van der Waals surface area contributed by atoms with Gasteiger partial charge in [-0.1, -0.05) is 71.9 Å². The molecule has 6 heteroatoms. The van der Waals surface area contributed by atoms with Crippen LogP contribution in [0.4, 0.5) is 0 Å². The molecule has 4 aromatic rings. The highest BCUT2D eigenvalue weighted by Gasteiger charge is 2.15. The Bertz CT molecular complexity index is 1160. The molecule has 0 spiro atoms. The molecule has 0 aliphatic heterocycles. The molecule has 0 saturated heterocycles. The van der Waals surface area contributed by atoms with Crippen LogP contribution in [0.25, 0.3) is 22.2 Å². The van der Waals surface area contributed by atoms with Gasteiger partial charge in [0.15, 0.2) is 16.8 Å². The van der Waals surface area contributed by atoms with Crippen molar-refractivity contribution in [3.8, 4) is 11.4 Å². The molecule has 0 atom stereocenters. The van der Waals surface area contributed by atoms with Crippen LogP contribution >= 0.6 is 23.4 Å². The summed E-state index contributed by atoms with van der Waals surface area (Å²) in [4.78, 5) is 12.7. The van der Waals surface area contributed by atoms with Crippen molar-refractivity contribution >= 4 is 39.9 Å². The maximum Gasteiger partial charge on any atom is 0.191 e. The van der Waals surface area contributed by atoms with Crippen molar-refractivity contribution in [1.29, 1.82) is 0 Å². The minimum Gasteiger partial charge on any atom is -0.302 e. The summed E-state index contributed by atoms with van der Waals surface area (Å²) in [6.07, 6.45) is 0. The fourth-order valence-corrected chi connectivity index (χ4v) is 4.18. The first-order valence-electron chi connectivity index (χ1n) is 8.99. The van der Waals surface area contributed by atoms with Crippen LogP contribution in [-0.2, 0) is 6.54 Å². The maximum atomic E-state index is 12.7. The van der Waals surface area contributed by atoms with Gasteiger partial charge >= 0.3 is 0 Å². The third kappa shape index (κ3) is 3.81. The summed E-state index contributed by atoms with van der Waals surface area (Å²) < 4.78 is 2.00. The highest BCUT2D eigenvalue weighted by atomic mass is 35.5. The van der Waals surface area contributed by atoms with Crippen LogP contribution in [-0.4, -0.2) is 26.3 Å².